The standard InChI is InChI=1S/C9H8ClNO/c1-5-2-6-3-9(12)11-8(6)4-7(5)10/h2,4H,3H2,1H3,(H,11,12). The van der Waals surface area contributed by atoms with Crippen LogP contribution in [0.2, 0.25) is 5.02 Å². The molecular formula is C9H8ClNO. The Labute approximate surface area is 75.5 Å². The number of anilines is 1. The topological polar surface area (TPSA) is 29.1 Å². The van der Waals surface area contributed by atoms with E-state index in [4.69, 9.17) is 11.6 Å². The fourth-order valence-corrected chi connectivity index (χ4v) is 1.53. The number of benzene rings is 1. The number of rotatable bonds is 0. The number of hydrogen-bond donors (Lipinski definition) is 1. The third kappa shape index (κ3) is 1.08. The Morgan fingerprint density at radius 2 is 2.25 bits per heavy atom. The fraction of sp³-hybridized carbons (Fsp3) is 0.222. The largest absolute Gasteiger partial charge is 0.325 e. The van der Waals surface area contributed by atoms with Crippen molar-refractivity contribution in [2.75, 3.05) is 5.32 Å². The number of hydrogen-bond acceptors (Lipinski definition) is 1. The number of nitrogens with one attached hydrogen (secondary N) is 1. The van der Waals surface area contributed by atoms with Crippen LogP contribution >= 0.6 is 11.6 Å². The number of amides is 1. The van der Waals surface area contributed by atoms with Crippen molar-refractivity contribution in [3.05, 3.63) is 28.3 Å². The first kappa shape index (κ1) is 7.62. The van der Waals surface area contributed by atoms with E-state index in [1.807, 2.05) is 13.0 Å². The highest BCUT2D eigenvalue weighted by molar-refractivity contribution is 6.31. The maximum absolute atomic E-state index is 11.0. The molecule has 1 aromatic carbocycles. The highest BCUT2D eigenvalue weighted by Gasteiger charge is 2.18. The van der Waals surface area contributed by atoms with Gasteiger partial charge in [-0.25, -0.2) is 0 Å². The monoisotopic (exact) mass is 181 g/mol. The van der Waals surface area contributed by atoms with E-state index in [1.54, 1.807) is 6.07 Å². The van der Waals surface area contributed by atoms with Gasteiger partial charge in [0.1, 0.15) is 0 Å². The van der Waals surface area contributed by atoms with Crippen molar-refractivity contribution in [3.8, 4) is 0 Å². The molecule has 1 aliphatic rings. The van der Waals surface area contributed by atoms with E-state index in [0.29, 0.717) is 11.4 Å². The number of fused-ring (bicyclic) bond motifs is 1. The summed E-state index contributed by atoms with van der Waals surface area (Å²) in [4.78, 5) is 11.0. The van der Waals surface area contributed by atoms with E-state index in [0.717, 1.165) is 16.8 Å². The molecule has 3 heteroatoms. The summed E-state index contributed by atoms with van der Waals surface area (Å²) in [6.07, 6.45) is 0.480. The Morgan fingerprint density at radius 1 is 1.50 bits per heavy atom. The summed E-state index contributed by atoms with van der Waals surface area (Å²) in [6.45, 7) is 1.94. The minimum atomic E-state index is 0.0478. The molecule has 0 bridgehead atoms. The molecule has 0 fully saturated rings. The molecule has 1 heterocycles. The molecule has 0 atom stereocenters. The minimum absolute atomic E-state index is 0.0478. The first-order valence-electron chi connectivity index (χ1n) is 3.75. The summed E-state index contributed by atoms with van der Waals surface area (Å²) in [5.41, 5.74) is 2.92. The second-order valence-corrected chi connectivity index (χ2v) is 3.39. The van der Waals surface area contributed by atoms with Gasteiger partial charge in [-0.1, -0.05) is 17.7 Å². The Kier molecular flexibility index (Phi) is 1.58. The van der Waals surface area contributed by atoms with Crippen molar-refractivity contribution in [2.24, 2.45) is 0 Å². The molecule has 0 saturated carbocycles. The van der Waals surface area contributed by atoms with Gasteiger partial charge < -0.3 is 5.32 Å². The smallest absolute Gasteiger partial charge is 0.228 e. The van der Waals surface area contributed by atoms with Crippen LogP contribution in [0.15, 0.2) is 12.1 Å². The summed E-state index contributed by atoms with van der Waals surface area (Å²) < 4.78 is 0. The highest BCUT2D eigenvalue weighted by atomic mass is 35.5. The van der Waals surface area contributed by atoms with E-state index in [2.05, 4.69) is 5.32 Å². The molecular weight excluding hydrogens is 174 g/mol. The quantitative estimate of drug-likeness (QED) is 0.653. The van der Waals surface area contributed by atoms with Gasteiger partial charge in [0.25, 0.3) is 0 Å². The van der Waals surface area contributed by atoms with Crippen LogP contribution in [0.5, 0.6) is 0 Å². The van der Waals surface area contributed by atoms with Gasteiger partial charge in [0.2, 0.25) is 5.91 Å². The average molecular weight is 182 g/mol. The van der Waals surface area contributed by atoms with Crippen LogP contribution in [0.25, 0.3) is 0 Å². The lowest BCUT2D eigenvalue weighted by molar-refractivity contribution is -0.115. The maximum Gasteiger partial charge on any atom is 0.228 e. The molecule has 1 amide bonds. The zero-order valence-electron chi connectivity index (χ0n) is 6.65. The first-order chi connectivity index (χ1) is 5.66. The summed E-state index contributed by atoms with van der Waals surface area (Å²) in [6, 6.07) is 3.76. The van der Waals surface area contributed by atoms with Gasteiger partial charge in [-0.3, -0.25) is 4.79 Å². The van der Waals surface area contributed by atoms with Crippen LogP contribution in [0.4, 0.5) is 5.69 Å². The van der Waals surface area contributed by atoms with E-state index >= 15 is 0 Å². The maximum atomic E-state index is 11.0. The lowest BCUT2D eigenvalue weighted by atomic mass is 10.1. The molecule has 0 unspecified atom stereocenters. The molecule has 1 aromatic rings. The highest BCUT2D eigenvalue weighted by Crippen LogP contribution is 2.28. The Balaban J connectivity index is 2.55. The molecule has 0 aliphatic carbocycles. The van der Waals surface area contributed by atoms with E-state index in [1.165, 1.54) is 0 Å². The van der Waals surface area contributed by atoms with Gasteiger partial charge in [-0.2, -0.15) is 0 Å². The van der Waals surface area contributed by atoms with Crippen LogP contribution in [0, 0.1) is 6.92 Å². The van der Waals surface area contributed by atoms with Crippen LogP contribution in [-0.2, 0) is 11.2 Å². The summed E-state index contributed by atoms with van der Waals surface area (Å²) in [5.74, 6) is 0.0478. The Morgan fingerprint density at radius 3 is 3.00 bits per heavy atom. The Hall–Kier alpha value is -1.02. The zero-order chi connectivity index (χ0) is 8.72. The fourth-order valence-electron chi connectivity index (χ4n) is 1.37. The SMILES string of the molecule is Cc1cc2c(cc1Cl)NC(=O)C2. The van der Waals surface area contributed by atoms with Crippen LogP contribution in [0.3, 0.4) is 0 Å². The predicted molar refractivity (Wildman–Crippen MR) is 48.5 cm³/mol. The molecule has 0 aromatic heterocycles. The number of halogens is 1. The molecule has 0 radical (unpaired) electrons. The van der Waals surface area contributed by atoms with Gasteiger partial charge >= 0.3 is 0 Å². The van der Waals surface area contributed by atoms with Gasteiger partial charge in [0.15, 0.2) is 0 Å². The number of carbonyl (C=O) groups is 1. The summed E-state index contributed by atoms with van der Waals surface area (Å²) in [7, 11) is 0. The molecule has 62 valence electrons. The van der Waals surface area contributed by atoms with Crippen LogP contribution < -0.4 is 5.32 Å². The second-order valence-electron chi connectivity index (χ2n) is 2.98. The van der Waals surface area contributed by atoms with Crippen LogP contribution in [0.1, 0.15) is 11.1 Å². The second kappa shape index (κ2) is 2.49. The van der Waals surface area contributed by atoms with Crippen LogP contribution in [-0.4, -0.2) is 5.91 Å². The van der Waals surface area contributed by atoms with Crippen molar-refractivity contribution < 1.29 is 4.79 Å². The van der Waals surface area contributed by atoms with E-state index in [9.17, 15) is 4.79 Å². The van der Waals surface area contributed by atoms with Gasteiger partial charge in [-0.05, 0) is 24.1 Å². The number of carbonyl (C=O) groups excluding carboxylic acids is 1. The molecule has 1 aliphatic heterocycles. The van der Waals surface area contributed by atoms with Crippen molar-refractivity contribution in [1.82, 2.24) is 0 Å². The molecule has 2 nitrogen and oxygen atoms in total. The van der Waals surface area contributed by atoms with Crippen molar-refractivity contribution >= 4 is 23.2 Å². The molecule has 0 saturated heterocycles. The van der Waals surface area contributed by atoms with Gasteiger partial charge in [0.05, 0.1) is 6.42 Å². The van der Waals surface area contributed by atoms with Crippen molar-refractivity contribution in [1.29, 1.82) is 0 Å². The third-order valence-corrected chi connectivity index (χ3v) is 2.42. The van der Waals surface area contributed by atoms with E-state index < -0.39 is 0 Å². The molecule has 12 heavy (non-hydrogen) atoms. The molecule has 2 rings (SSSR count). The summed E-state index contributed by atoms with van der Waals surface area (Å²) >= 11 is 5.89. The molecule has 1 N–H and O–H groups in total. The predicted octanol–water partition coefficient (Wildman–Crippen LogP) is 2.14. The van der Waals surface area contributed by atoms with Crippen molar-refractivity contribution in [3.63, 3.8) is 0 Å². The Bertz CT molecular complexity index is 327. The summed E-state index contributed by atoms with van der Waals surface area (Å²) in [5, 5.41) is 3.45. The minimum Gasteiger partial charge on any atom is -0.325 e. The average Bonchev–Trinajstić information content (AvgIpc) is 2.30. The van der Waals surface area contributed by atoms with Gasteiger partial charge in [-0.15, -0.1) is 0 Å². The van der Waals surface area contributed by atoms with Crippen molar-refractivity contribution in [2.45, 2.75) is 13.3 Å². The van der Waals surface area contributed by atoms with Gasteiger partial charge in [0, 0.05) is 10.7 Å². The number of aryl methyl sites for hydroxylation is 1. The van der Waals surface area contributed by atoms with E-state index in [-0.39, 0.29) is 5.91 Å². The normalized spacial score (nSPS) is 14.3. The zero-order valence-corrected chi connectivity index (χ0v) is 7.40. The first-order valence-corrected chi connectivity index (χ1v) is 4.13. The lowest BCUT2D eigenvalue weighted by Gasteiger charge is -2.01. The third-order valence-electron chi connectivity index (χ3n) is 2.01. The lowest BCUT2D eigenvalue weighted by Crippen LogP contribution is -2.03. The molecule has 0 spiro atoms.